The predicted octanol–water partition coefficient (Wildman–Crippen LogP) is 3.25. The number of halogens is 1. The van der Waals surface area contributed by atoms with Crippen LogP contribution in [0.25, 0.3) is 0 Å². The number of rotatable bonds is 3. The summed E-state index contributed by atoms with van der Waals surface area (Å²) in [5.74, 6) is 0.145. The van der Waals surface area contributed by atoms with Gasteiger partial charge in [0, 0.05) is 22.9 Å². The molecule has 1 aromatic rings. The summed E-state index contributed by atoms with van der Waals surface area (Å²) in [6.45, 7) is 0.571. The van der Waals surface area contributed by atoms with Gasteiger partial charge >= 0.3 is 0 Å². The number of para-hydroxylation sites is 1. The molecular formula is C12H14BrNO3. The monoisotopic (exact) mass is 299 g/mol. The first-order valence-electron chi connectivity index (χ1n) is 5.63. The summed E-state index contributed by atoms with van der Waals surface area (Å²) >= 11 is 3.39. The Bertz CT molecular complexity index is 402. The number of hydrogen-bond acceptors (Lipinski definition) is 3. The van der Waals surface area contributed by atoms with E-state index >= 15 is 0 Å². The first kappa shape index (κ1) is 12.5. The van der Waals surface area contributed by atoms with Crippen LogP contribution in [-0.2, 0) is 4.74 Å². The van der Waals surface area contributed by atoms with Crippen LogP contribution in [0.3, 0.4) is 0 Å². The number of nitro benzene ring substituents is 1. The van der Waals surface area contributed by atoms with E-state index in [9.17, 15) is 10.1 Å². The maximum atomic E-state index is 10.9. The van der Waals surface area contributed by atoms with Crippen molar-refractivity contribution < 1.29 is 9.66 Å². The fourth-order valence-corrected chi connectivity index (χ4v) is 2.68. The summed E-state index contributed by atoms with van der Waals surface area (Å²) in [5, 5.41) is 11.8. The molecule has 2 atom stereocenters. The fraction of sp³-hybridized carbons (Fsp3) is 0.500. The Balaban J connectivity index is 2.15. The molecule has 0 aliphatic carbocycles. The Labute approximate surface area is 108 Å². The molecular weight excluding hydrogens is 286 g/mol. The number of alkyl halides is 1. The molecule has 0 bridgehead atoms. The molecule has 92 valence electrons. The summed E-state index contributed by atoms with van der Waals surface area (Å²) < 4.78 is 5.66. The van der Waals surface area contributed by atoms with Crippen LogP contribution in [0.15, 0.2) is 24.3 Å². The molecule has 0 spiro atoms. The van der Waals surface area contributed by atoms with Gasteiger partial charge in [0.25, 0.3) is 5.69 Å². The average molecular weight is 300 g/mol. The van der Waals surface area contributed by atoms with Gasteiger partial charge in [-0.1, -0.05) is 34.1 Å². The van der Waals surface area contributed by atoms with Crippen molar-refractivity contribution in [3.05, 3.63) is 39.9 Å². The van der Waals surface area contributed by atoms with Gasteiger partial charge in [-0.05, 0) is 12.8 Å². The Morgan fingerprint density at radius 3 is 2.76 bits per heavy atom. The highest BCUT2D eigenvalue weighted by molar-refractivity contribution is 9.09. The first-order valence-corrected chi connectivity index (χ1v) is 6.75. The molecule has 0 amide bonds. The van der Waals surface area contributed by atoms with Gasteiger partial charge in [0.05, 0.1) is 17.6 Å². The SMILES string of the molecule is O=[N+]([O-])c1ccccc1[C@H]1CC[C@@H](CBr)OC1. The van der Waals surface area contributed by atoms with E-state index in [1.165, 1.54) is 0 Å². The number of nitrogens with zero attached hydrogens (tertiary/aromatic N) is 1. The number of ether oxygens (including phenoxy) is 1. The van der Waals surface area contributed by atoms with Crippen LogP contribution in [0.1, 0.15) is 24.3 Å². The van der Waals surface area contributed by atoms with Gasteiger partial charge in [-0.25, -0.2) is 0 Å². The molecule has 0 aromatic heterocycles. The van der Waals surface area contributed by atoms with Gasteiger partial charge in [0.2, 0.25) is 0 Å². The molecule has 1 saturated heterocycles. The van der Waals surface area contributed by atoms with Gasteiger partial charge < -0.3 is 4.74 Å². The van der Waals surface area contributed by atoms with Crippen LogP contribution in [0.2, 0.25) is 0 Å². The minimum absolute atomic E-state index is 0.145. The molecule has 0 saturated carbocycles. The zero-order chi connectivity index (χ0) is 12.3. The Morgan fingerprint density at radius 1 is 1.41 bits per heavy atom. The molecule has 0 N–H and O–H groups in total. The lowest BCUT2D eigenvalue weighted by Gasteiger charge is -2.27. The summed E-state index contributed by atoms with van der Waals surface area (Å²) in [6, 6.07) is 6.94. The third-order valence-corrected chi connectivity index (χ3v) is 3.84. The molecule has 5 heteroatoms. The van der Waals surface area contributed by atoms with Crippen molar-refractivity contribution in [2.75, 3.05) is 11.9 Å². The van der Waals surface area contributed by atoms with Crippen LogP contribution in [0.4, 0.5) is 5.69 Å². The maximum Gasteiger partial charge on any atom is 0.272 e. The molecule has 1 aliphatic heterocycles. The second kappa shape index (κ2) is 5.60. The lowest BCUT2D eigenvalue weighted by molar-refractivity contribution is -0.385. The van der Waals surface area contributed by atoms with Gasteiger partial charge in [-0.2, -0.15) is 0 Å². The highest BCUT2D eigenvalue weighted by Gasteiger charge is 2.27. The largest absolute Gasteiger partial charge is 0.377 e. The maximum absolute atomic E-state index is 10.9. The molecule has 17 heavy (non-hydrogen) atoms. The fourth-order valence-electron chi connectivity index (χ4n) is 2.17. The van der Waals surface area contributed by atoms with E-state index in [0.29, 0.717) is 6.61 Å². The van der Waals surface area contributed by atoms with Crippen molar-refractivity contribution in [3.63, 3.8) is 0 Å². The van der Waals surface area contributed by atoms with Crippen molar-refractivity contribution >= 4 is 21.6 Å². The normalized spacial score (nSPS) is 24.5. The van der Waals surface area contributed by atoms with Crippen molar-refractivity contribution in [1.29, 1.82) is 0 Å². The summed E-state index contributed by atoms with van der Waals surface area (Å²) in [4.78, 5) is 10.6. The lowest BCUT2D eigenvalue weighted by Crippen LogP contribution is -2.26. The molecule has 0 radical (unpaired) electrons. The van der Waals surface area contributed by atoms with Crippen LogP contribution in [-0.4, -0.2) is 23.0 Å². The molecule has 1 fully saturated rings. The van der Waals surface area contributed by atoms with Gasteiger partial charge in [0.15, 0.2) is 0 Å². The highest BCUT2D eigenvalue weighted by atomic mass is 79.9. The van der Waals surface area contributed by atoms with Crippen LogP contribution >= 0.6 is 15.9 Å². The minimum Gasteiger partial charge on any atom is -0.377 e. The standard InChI is InChI=1S/C12H14BrNO3/c13-7-10-6-5-9(8-17-10)11-3-1-2-4-12(11)14(15)16/h1-4,9-10H,5-8H2/t9-,10-/m0/s1. The van der Waals surface area contributed by atoms with Crippen molar-refractivity contribution in [2.45, 2.75) is 24.9 Å². The van der Waals surface area contributed by atoms with E-state index in [-0.39, 0.29) is 22.6 Å². The van der Waals surface area contributed by atoms with Crippen molar-refractivity contribution in [3.8, 4) is 0 Å². The second-order valence-electron chi connectivity index (χ2n) is 4.20. The average Bonchev–Trinajstić information content (AvgIpc) is 2.39. The lowest BCUT2D eigenvalue weighted by atomic mass is 9.90. The van der Waals surface area contributed by atoms with Gasteiger partial charge in [-0.15, -0.1) is 0 Å². The van der Waals surface area contributed by atoms with E-state index < -0.39 is 0 Å². The zero-order valence-electron chi connectivity index (χ0n) is 9.34. The van der Waals surface area contributed by atoms with E-state index in [2.05, 4.69) is 15.9 Å². The Kier molecular flexibility index (Phi) is 4.12. The van der Waals surface area contributed by atoms with E-state index in [0.717, 1.165) is 23.7 Å². The van der Waals surface area contributed by atoms with Crippen LogP contribution < -0.4 is 0 Å². The zero-order valence-corrected chi connectivity index (χ0v) is 10.9. The number of nitro groups is 1. The highest BCUT2D eigenvalue weighted by Crippen LogP contribution is 2.33. The molecule has 1 heterocycles. The topological polar surface area (TPSA) is 52.4 Å². The minimum atomic E-state index is -0.314. The van der Waals surface area contributed by atoms with E-state index in [1.807, 2.05) is 12.1 Å². The van der Waals surface area contributed by atoms with Gasteiger partial charge in [0.1, 0.15) is 0 Å². The van der Waals surface area contributed by atoms with Gasteiger partial charge in [-0.3, -0.25) is 10.1 Å². The summed E-state index contributed by atoms with van der Waals surface area (Å²) in [7, 11) is 0. The molecule has 1 aliphatic rings. The summed E-state index contributed by atoms with van der Waals surface area (Å²) in [6.07, 6.45) is 2.14. The number of benzene rings is 1. The smallest absolute Gasteiger partial charge is 0.272 e. The first-order chi connectivity index (χ1) is 8.22. The summed E-state index contributed by atoms with van der Waals surface area (Å²) in [5.41, 5.74) is 1.00. The van der Waals surface area contributed by atoms with Crippen molar-refractivity contribution in [1.82, 2.24) is 0 Å². The third kappa shape index (κ3) is 2.84. The van der Waals surface area contributed by atoms with E-state index in [1.54, 1.807) is 12.1 Å². The predicted molar refractivity (Wildman–Crippen MR) is 68.6 cm³/mol. The molecule has 0 unspecified atom stereocenters. The van der Waals surface area contributed by atoms with Crippen LogP contribution in [0, 0.1) is 10.1 Å². The van der Waals surface area contributed by atoms with E-state index in [4.69, 9.17) is 4.74 Å². The molecule has 1 aromatic carbocycles. The van der Waals surface area contributed by atoms with Crippen LogP contribution in [0.5, 0.6) is 0 Å². The second-order valence-corrected chi connectivity index (χ2v) is 4.85. The third-order valence-electron chi connectivity index (χ3n) is 3.12. The number of hydrogen-bond donors (Lipinski definition) is 0. The molecule has 4 nitrogen and oxygen atoms in total. The quantitative estimate of drug-likeness (QED) is 0.489. The van der Waals surface area contributed by atoms with Crippen molar-refractivity contribution in [2.24, 2.45) is 0 Å². The Morgan fingerprint density at radius 2 is 2.18 bits per heavy atom. The molecule has 2 rings (SSSR count). The Hall–Kier alpha value is -0.940.